The molecule has 0 spiro atoms. The van der Waals surface area contributed by atoms with E-state index >= 15 is 0 Å². The molecule has 0 radical (unpaired) electrons. The first-order valence-corrected chi connectivity index (χ1v) is 12.5. The summed E-state index contributed by atoms with van der Waals surface area (Å²) in [6.07, 6.45) is 1.77. The fraction of sp³-hybridized carbons (Fsp3) is 0.143. The van der Waals surface area contributed by atoms with E-state index in [1.807, 2.05) is 66.7 Å². The minimum absolute atomic E-state index is 0.0351. The standard InChI is InChI=1S/C28H28NOP/c1-23-17-20-25(21-18-23)28(22-19-24-11-5-2-6-12-24)29-31(30,26-13-7-3-8-14-26)27-15-9-4-10-16-27/h2-18,20-21,28H,19,22H2,1H3,(H,29,30). The summed E-state index contributed by atoms with van der Waals surface area (Å²) >= 11 is 0. The largest absolute Gasteiger partial charge is 0.297 e. The van der Waals surface area contributed by atoms with Crippen molar-refractivity contribution in [3.8, 4) is 0 Å². The summed E-state index contributed by atoms with van der Waals surface area (Å²) in [7, 11) is -3.03. The van der Waals surface area contributed by atoms with Crippen molar-refractivity contribution in [1.82, 2.24) is 5.09 Å². The van der Waals surface area contributed by atoms with Crippen LogP contribution in [-0.4, -0.2) is 0 Å². The summed E-state index contributed by atoms with van der Waals surface area (Å²) in [5.74, 6) is 0. The van der Waals surface area contributed by atoms with Gasteiger partial charge >= 0.3 is 0 Å². The zero-order chi connectivity index (χ0) is 21.5. The van der Waals surface area contributed by atoms with Crippen LogP contribution in [0.2, 0.25) is 0 Å². The van der Waals surface area contributed by atoms with Gasteiger partial charge in [0.1, 0.15) is 0 Å². The van der Waals surface area contributed by atoms with E-state index in [0.29, 0.717) is 0 Å². The molecule has 0 aliphatic heterocycles. The lowest BCUT2D eigenvalue weighted by molar-refractivity contribution is 0.546. The van der Waals surface area contributed by atoms with Crippen LogP contribution < -0.4 is 15.7 Å². The molecule has 0 heterocycles. The van der Waals surface area contributed by atoms with Crippen molar-refractivity contribution >= 4 is 17.9 Å². The minimum atomic E-state index is -3.03. The van der Waals surface area contributed by atoms with Crippen LogP contribution in [0.1, 0.15) is 29.2 Å². The fourth-order valence-electron chi connectivity index (χ4n) is 3.85. The van der Waals surface area contributed by atoms with Crippen LogP contribution >= 0.6 is 7.29 Å². The molecule has 0 aliphatic carbocycles. The second-order valence-electron chi connectivity index (χ2n) is 7.90. The molecule has 0 saturated carbocycles. The topological polar surface area (TPSA) is 29.1 Å². The van der Waals surface area contributed by atoms with Gasteiger partial charge in [-0.25, -0.2) is 0 Å². The van der Waals surface area contributed by atoms with Crippen LogP contribution in [0.3, 0.4) is 0 Å². The molecule has 0 bridgehead atoms. The number of hydrogen-bond acceptors (Lipinski definition) is 1. The van der Waals surface area contributed by atoms with Gasteiger partial charge in [-0.2, -0.15) is 0 Å². The highest BCUT2D eigenvalue weighted by Crippen LogP contribution is 2.42. The molecule has 156 valence electrons. The van der Waals surface area contributed by atoms with Crippen molar-refractivity contribution in [3.63, 3.8) is 0 Å². The monoisotopic (exact) mass is 425 g/mol. The Kier molecular flexibility index (Phi) is 6.82. The molecular weight excluding hydrogens is 397 g/mol. The summed E-state index contributed by atoms with van der Waals surface area (Å²) in [6.45, 7) is 2.09. The van der Waals surface area contributed by atoms with Crippen LogP contribution in [0.5, 0.6) is 0 Å². The Bertz CT molecular complexity index is 1080. The van der Waals surface area contributed by atoms with Gasteiger partial charge in [0.25, 0.3) is 0 Å². The maximum Gasteiger partial charge on any atom is 0.205 e. The number of nitrogens with one attached hydrogen (secondary N) is 1. The first kappa shape index (κ1) is 21.3. The normalized spacial score (nSPS) is 12.4. The molecule has 0 aliphatic rings. The van der Waals surface area contributed by atoms with E-state index in [4.69, 9.17) is 0 Å². The Hall–Kier alpha value is -2.93. The molecule has 0 fully saturated rings. The van der Waals surface area contributed by atoms with E-state index < -0.39 is 7.29 Å². The van der Waals surface area contributed by atoms with E-state index in [0.717, 1.165) is 29.0 Å². The third-order valence-corrected chi connectivity index (χ3v) is 8.35. The molecule has 2 nitrogen and oxygen atoms in total. The van der Waals surface area contributed by atoms with Gasteiger partial charge in [-0.3, -0.25) is 9.65 Å². The number of hydrogen-bond donors (Lipinski definition) is 1. The summed E-state index contributed by atoms with van der Waals surface area (Å²) in [6, 6.07) is 38.6. The highest BCUT2D eigenvalue weighted by atomic mass is 31.2. The molecule has 0 saturated heterocycles. The summed E-state index contributed by atoms with van der Waals surface area (Å²) in [5, 5.41) is 5.29. The molecule has 4 rings (SSSR count). The van der Waals surface area contributed by atoms with Gasteiger partial charge in [0.15, 0.2) is 0 Å². The molecule has 4 aromatic carbocycles. The Morgan fingerprint density at radius 3 is 1.68 bits per heavy atom. The molecule has 1 atom stereocenters. The highest BCUT2D eigenvalue weighted by molar-refractivity contribution is 7.76. The van der Waals surface area contributed by atoms with Gasteiger partial charge in [0, 0.05) is 16.7 Å². The van der Waals surface area contributed by atoms with Gasteiger partial charge in [-0.15, -0.1) is 0 Å². The summed E-state index contributed by atoms with van der Waals surface area (Å²) in [4.78, 5) is 0. The molecule has 4 aromatic rings. The molecular formula is C28H28NOP. The number of rotatable bonds is 8. The van der Waals surface area contributed by atoms with Gasteiger partial charge in [-0.1, -0.05) is 96.6 Å². The third kappa shape index (κ3) is 5.22. The van der Waals surface area contributed by atoms with Crippen molar-refractivity contribution in [2.24, 2.45) is 0 Å². The van der Waals surface area contributed by atoms with Crippen molar-refractivity contribution < 1.29 is 4.57 Å². The number of benzene rings is 4. The van der Waals surface area contributed by atoms with Crippen molar-refractivity contribution in [3.05, 3.63) is 132 Å². The molecule has 0 amide bonds. The van der Waals surface area contributed by atoms with Crippen LogP contribution in [0.15, 0.2) is 115 Å². The van der Waals surface area contributed by atoms with Crippen LogP contribution in [0, 0.1) is 6.92 Å². The SMILES string of the molecule is Cc1ccc(C(CCc2ccccc2)NP(=O)(c2ccccc2)c2ccccc2)cc1. The molecule has 3 heteroatoms. The van der Waals surface area contributed by atoms with Gasteiger partial charge in [0.05, 0.1) is 0 Å². The maximum absolute atomic E-state index is 14.6. The average Bonchev–Trinajstić information content (AvgIpc) is 2.84. The lowest BCUT2D eigenvalue weighted by atomic mass is 9.99. The zero-order valence-electron chi connectivity index (χ0n) is 17.8. The maximum atomic E-state index is 14.6. The van der Waals surface area contributed by atoms with Crippen molar-refractivity contribution in [2.75, 3.05) is 0 Å². The zero-order valence-corrected chi connectivity index (χ0v) is 18.7. The van der Waals surface area contributed by atoms with Gasteiger partial charge in [-0.05, 0) is 55.2 Å². The van der Waals surface area contributed by atoms with E-state index in [1.54, 1.807) is 0 Å². The van der Waals surface area contributed by atoms with Crippen LogP contribution in [0.4, 0.5) is 0 Å². The smallest absolute Gasteiger partial charge is 0.205 e. The summed E-state index contributed by atoms with van der Waals surface area (Å²) < 4.78 is 14.6. The molecule has 1 unspecified atom stereocenters. The number of aryl methyl sites for hydroxylation is 2. The lowest BCUT2D eigenvalue weighted by Gasteiger charge is -2.27. The first-order chi connectivity index (χ1) is 15.1. The minimum Gasteiger partial charge on any atom is -0.297 e. The fourth-order valence-corrected chi connectivity index (χ4v) is 6.35. The van der Waals surface area contributed by atoms with E-state index in [2.05, 4.69) is 60.5 Å². The second-order valence-corrected chi connectivity index (χ2v) is 10.4. The third-order valence-electron chi connectivity index (χ3n) is 5.62. The highest BCUT2D eigenvalue weighted by Gasteiger charge is 2.30. The summed E-state index contributed by atoms with van der Waals surface area (Å²) in [5.41, 5.74) is 3.67. The van der Waals surface area contributed by atoms with Crippen molar-refractivity contribution in [1.29, 1.82) is 0 Å². The predicted octanol–water partition coefficient (Wildman–Crippen LogP) is 6.19. The first-order valence-electron chi connectivity index (χ1n) is 10.7. The van der Waals surface area contributed by atoms with Crippen LogP contribution in [-0.2, 0) is 11.0 Å². The Balaban J connectivity index is 1.71. The Labute approximate surface area is 185 Å². The second kappa shape index (κ2) is 9.92. The van der Waals surface area contributed by atoms with E-state index in [1.165, 1.54) is 11.1 Å². The quantitative estimate of drug-likeness (QED) is 0.341. The molecule has 0 aromatic heterocycles. The van der Waals surface area contributed by atoms with E-state index in [-0.39, 0.29) is 6.04 Å². The van der Waals surface area contributed by atoms with Gasteiger partial charge < -0.3 is 0 Å². The van der Waals surface area contributed by atoms with E-state index in [9.17, 15) is 4.57 Å². The van der Waals surface area contributed by atoms with Gasteiger partial charge in [0.2, 0.25) is 7.29 Å². The van der Waals surface area contributed by atoms with Crippen molar-refractivity contribution in [2.45, 2.75) is 25.8 Å². The van der Waals surface area contributed by atoms with Crippen LogP contribution in [0.25, 0.3) is 0 Å². The Morgan fingerprint density at radius 2 is 1.16 bits per heavy atom. The molecule has 31 heavy (non-hydrogen) atoms. The molecule has 1 N–H and O–H groups in total. The Morgan fingerprint density at radius 1 is 0.677 bits per heavy atom. The lowest BCUT2D eigenvalue weighted by Crippen LogP contribution is -2.31. The average molecular weight is 426 g/mol. The predicted molar refractivity (Wildman–Crippen MR) is 132 cm³/mol.